The van der Waals surface area contributed by atoms with Crippen LogP contribution < -0.4 is 11.0 Å². The summed E-state index contributed by atoms with van der Waals surface area (Å²) in [6, 6.07) is 0. The zero-order valence-corrected chi connectivity index (χ0v) is 11.2. The number of hydrazone groups is 1. The second-order valence-electron chi connectivity index (χ2n) is 3.78. The molecule has 0 atom stereocenters. The molecule has 0 unspecified atom stereocenters. The number of allylic oxidation sites excluding steroid dienone is 4. The maximum absolute atomic E-state index is 10.5. The molecule has 0 radical (unpaired) electrons. The molecule has 0 fully saturated rings. The Morgan fingerprint density at radius 3 is 2.42 bits per heavy atom. The number of aryl methyl sites for hydroxylation is 2. The van der Waals surface area contributed by atoms with Crippen LogP contribution in [-0.4, -0.2) is 21.3 Å². The molecule has 0 amide bonds. The minimum atomic E-state index is -0.448. The van der Waals surface area contributed by atoms with Gasteiger partial charge in [-0.3, -0.25) is 5.43 Å². The zero-order valence-electron chi connectivity index (χ0n) is 10.4. The Labute approximate surface area is 113 Å². The van der Waals surface area contributed by atoms with Crippen molar-refractivity contribution in [2.24, 2.45) is 5.10 Å². The number of nitrogens with one attached hydrogen (secondary N) is 2. The first-order chi connectivity index (χ1) is 9.06. The van der Waals surface area contributed by atoms with Crippen molar-refractivity contribution >= 4 is 27.9 Å². The Morgan fingerprint density at radius 2 is 1.89 bits per heavy atom. The molecule has 0 saturated carbocycles. The van der Waals surface area contributed by atoms with Crippen molar-refractivity contribution in [1.82, 2.24) is 10.5 Å². The lowest BCUT2D eigenvalue weighted by molar-refractivity contribution is -0.377. The Kier molecular flexibility index (Phi) is 3.81. The van der Waals surface area contributed by atoms with Crippen LogP contribution in [0.3, 0.4) is 0 Å². The van der Waals surface area contributed by atoms with Crippen molar-refractivity contribution in [1.29, 1.82) is 0 Å². The van der Waals surface area contributed by atoms with E-state index in [-0.39, 0.29) is 5.71 Å². The van der Waals surface area contributed by atoms with Crippen LogP contribution in [0, 0.1) is 24.3 Å². The summed E-state index contributed by atoms with van der Waals surface area (Å²) in [7, 11) is 0. The number of anilines is 1. The van der Waals surface area contributed by atoms with Gasteiger partial charge in [0.1, 0.15) is 0 Å². The van der Waals surface area contributed by atoms with Crippen LogP contribution in [0.1, 0.15) is 10.6 Å². The maximum atomic E-state index is 10.5. The molecule has 0 spiro atoms. The molecule has 2 rings (SSSR count). The number of rotatable bonds is 3. The average molecular weight is 278 g/mol. The molecule has 0 saturated heterocycles. The van der Waals surface area contributed by atoms with Crippen LogP contribution in [-0.2, 0) is 0 Å². The molecule has 7 nitrogen and oxygen atoms in total. The van der Waals surface area contributed by atoms with Crippen molar-refractivity contribution in [2.45, 2.75) is 13.8 Å². The smallest absolute Gasteiger partial charge is 0.222 e. The van der Waals surface area contributed by atoms with E-state index >= 15 is 0 Å². The van der Waals surface area contributed by atoms with E-state index in [1.54, 1.807) is 12.2 Å². The number of aromatic nitrogens is 1. The number of thiazole rings is 1. The van der Waals surface area contributed by atoms with E-state index < -0.39 is 4.90 Å². The first kappa shape index (κ1) is 13.1. The third-order valence-electron chi connectivity index (χ3n) is 2.44. The van der Waals surface area contributed by atoms with Crippen LogP contribution in [0.4, 0.5) is 5.13 Å². The fraction of sp³-hybridized carbons (Fsp3) is 0.182. The highest BCUT2D eigenvalue weighted by Gasteiger charge is 2.04. The van der Waals surface area contributed by atoms with E-state index in [2.05, 4.69) is 21.0 Å². The Morgan fingerprint density at radius 1 is 1.21 bits per heavy atom. The quantitative estimate of drug-likeness (QED) is 0.497. The number of hydrogen-bond acceptors (Lipinski definition) is 7. The van der Waals surface area contributed by atoms with Gasteiger partial charge < -0.3 is 10.4 Å². The number of hydrogen-bond donors (Lipinski definition) is 2. The second-order valence-corrected chi connectivity index (χ2v) is 4.99. The molecular weight excluding hydrogens is 266 g/mol. The summed E-state index contributed by atoms with van der Waals surface area (Å²) in [5.74, 6) is 0. The minimum Gasteiger partial charge on any atom is -0.612 e. The Bertz CT molecular complexity index is 559. The van der Waals surface area contributed by atoms with Gasteiger partial charge in [0.15, 0.2) is 0 Å². The van der Waals surface area contributed by atoms with E-state index in [4.69, 9.17) is 0 Å². The molecule has 8 heteroatoms. The lowest BCUT2D eigenvalue weighted by atomic mass is 10.1. The lowest BCUT2D eigenvalue weighted by Gasteiger charge is -2.08. The Hall–Kier alpha value is -2.35. The van der Waals surface area contributed by atoms with Gasteiger partial charge in [-0.1, -0.05) is 0 Å². The van der Waals surface area contributed by atoms with Gasteiger partial charge >= 0.3 is 0 Å². The monoisotopic (exact) mass is 278 g/mol. The third kappa shape index (κ3) is 3.32. The van der Waals surface area contributed by atoms with E-state index in [0.29, 0.717) is 5.71 Å². The van der Waals surface area contributed by atoms with Crippen LogP contribution in [0.25, 0.3) is 0 Å². The van der Waals surface area contributed by atoms with Gasteiger partial charge in [0.25, 0.3) is 0 Å². The van der Waals surface area contributed by atoms with Gasteiger partial charge in [-0.2, -0.15) is 10.0 Å². The molecule has 1 heterocycles. The van der Waals surface area contributed by atoms with Gasteiger partial charge in [-0.25, -0.2) is 10.5 Å². The van der Waals surface area contributed by atoms with Gasteiger partial charge in [-0.15, -0.1) is 11.3 Å². The molecule has 19 heavy (non-hydrogen) atoms. The van der Waals surface area contributed by atoms with Crippen LogP contribution in [0.5, 0.6) is 0 Å². The fourth-order valence-electron chi connectivity index (χ4n) is 1.32. The standard InChI is InChI=1S/C11H12N5O2S/c1-7-8(2)19-11(12-7)14-15-13-9-3-5-10(6-4-9)16(17)18/h3-6,15H,1-2H3,(H-,12,14,17,18)/q-1. The van der Waals surface area contributed by atoms with Crippen LogP contribution in [0.2, 0.25) is 0 Å². The molecule has 1 aromatic rings. The van der Waals surface area contributed by atoms with Crippen molar-refractivity contribution in [3.8, 4) is 0 Å². The summed E-state index contributed by atoms with van der Waals surface area (Å²) in [5, 5.41) is 25.7. The topological polar surface area (TPSA) is 98.4 Å². The van der Waals surface area contributed by atoms with E-state index in [9.17, 15) is 10.4 Å². The first-order valence-corrected chi connectivity index (χ1v) is 6.28. The van der Waals surface area contributed by atoms with Gasteiger partial charge in [0.05, 0.1) is 11.4 Å². The largest absolute Gasteiger partial charge is 0.612 e. The predicted octanol–water partition coefficient (Wildman–Crippen LogP) is 1.61. The first-order valence-electron chi connectivity index (χ1n) is 5.46. The summed E-state index contributed by atoms with van der Waals surface area (Å²) in [6.45, 7) is 3.93. The molecule has 0 bridgehead atoms. The van der Waals surface area contributed by atoms with Crippen molar-refractivity contribution in [3.05, 3.63) is 45.3 Å². The Balaban J connectivity index is 1.93. The van der Waals surface area contributed by atoms with Crippen molar-refractivity contribution in [3.63, 3.8) is 0 Å². The molecule has 2 N–H and O–H groups in total. The summed E-state index contributed by atoms with van der Waals surface area (Å²) in [4.78, 5) is 4.97. The van der Waals surface area contributed by atoms with Crippen molar-refractivity contribution < 1.29 is 4.90 Å². The number of nitrogens with zero attached hydrogens (tertiary/aromatic N) is 3. The third-order valence-corrected chi connectivity index (χ3v) is 3.43. The minimum absolute atomic E-state index is 0.0399. The molecule has 1 aliphatic rings. The van der Waals surface area contributed by atoms with Crippen molar-refractivity contribution in [2.75, 3.05) is 5.43 Å². The highest BCUT2D eigenvalue weighted by molar-refractivity contribution is 7.15. The van der Waals surface area contributed by atoms with E-state index in [1.165, 1.54) is 23.5 Å². The zero-order chi connectivity index (χ0) is 13.8. The summed E-state index contributed by atoms with van der Waals surface area (Å²) in [6.07, 6.45) is 5.92. The maximum Gasteiger partial charge on any atom is 0.222 e. The van der Waals surface area contributed by atoms with E-state index in [0.717, 1.165) is 15.7 Å². The molecular formula is C11H12N5O2S-. The second kappa shape index (κ2) is 5.53. The molecule has 0 aromatic carbocycles. The molecule has 1 aromatic heterocycles. The summed E-state index contributed by atoms with van der Waals surface area (Å²) < 4.78 is 0. The van der Waals surface area contributed by atoms with Crippen LogP contribution in [0.15, 0.2) is 29.4 Å². The summed E-state index contributed by atoms with van der Waals surface area (Å²) in [5.41, 5.74) is 7.11. The number of hydrazine groups is 1. The van der Waals surface area contributed by atoms with Gasteiger partial charge in [0.2, 0.25) is 10.8 Å². The predicted molar refractivity (Wildman–Crippen MR) is 76.1 cm³/mol. The molecule has 1 aliphatic carbocycles. The summed E-state index contributed by atoms with van der Waals surface area (Å²) >= 11 is 1.52. The average Bonchev–Trinajstić information content (AvgIpc) is 2.69. The normalized spacial score (nSPS) is 13.6. The SMILES string of the molecule is Cc1nc(NNN=C2C=CC(=[N+]([O-])[O-])C=C2)sc1C. The highest BCUT2D eigenvalue weighted by atomic mass is 32.1. The molecule has 0 aliphatic heterocycles. The van der Waals surface area contributed by atoms with Gasteiger partial charge in [-0.05, 0) is 26.0 Å². The van der Waals surface area contributed by atoms with Gasteiger partial charge in [0, 0.05) is 17.0 Å². The highest BCUT2D eigenvalue weighted by Crippen LogP contribution is 2.19. The van der Waals surface area contributed by atoms with Crippen LogP contribution >= 0.6 is 11.3 Å². The lowest BCUT2D eigenvalue weighted by Crippen LogP contribution is -2.17. The van der Waals surface area contributed by atoms with E-state index in [1.807, 2.05) is 13.8 Å². The fourth-order valence-corrected chi connectivity index (χ4v) is 2.08. The molecule has 100 valence electrons.